The highest BCUT2D eigenvalue weighted by Crippen LogP contribution is 2.62. The van der Waals surface area contributed by atoms with Crippen LogP contribution in [0, 0.1) is 5.92 Å². The van der Waals surface area contributed by atoms with Crippen molar-refractivity contribution in [3.8, 4) is 0 Å². The van der Waals surface area contributed by atoms with Crippen LogP contribution in [0.2, 0.25) is 0 Å². The van der Waals surface area contributed by atoms with Gasteiger partial charge in [0.2, 0.25) is 0 Å². The molecule has 6 rings (SSSR count). The fourth-order valence-corrected chi connectivity index (χ4v) is 5.97. The minimum Gasteiger partial charge on any atom is -0.318 e. The van der Waals surface area contributed by atoms with Gasteiger partial charge in [-0.25, -0.2) is 4.68 Å². The highest BCUT2D eigenvalue weighted by molar-refractivity contribution is 7.86. The Bertz CT molecular complexity index is 1200. The standard InChI is InChI=1S/C23H28N4O2S/c1-22(2,3)30(29)14-19(20-13-27(25-24-20)23-10-15(11-23)12-23)16-6-5-7-18-17(16)8-9-26(4)21(18)28/h5-9,13,15,19H,10-12,14H2,1-4H3/t15?,19-,23?,30-/m0/s1. The maximum Gasteiger partial charge on any atom is 0.258 e. The molecule has 3 fully saturated rings. The molecule has 0 aliphatic heterocycles. The zero-order chi connectivity index (χ0) is 21.3. The van der Waals surface area contributed by atoms with Crippen LogP contribution in [0.5, 0.6) is 0 Å². The van der Waals surface area contributed by atoms with Gasteiger partial charge in [-0.2, -0.15) is 0 Å². The fourth-order valence-electron chi connectivity index (χ4n) is 4.82. The summed E-state index contributed by atoms with van der Waals surface area (Å²) >= 11 is 0. The monoisotopic (exact) mass is 424 g/mol. The van der Waals surface area contributed by atoms with E-state index in [1.165, 1.54) is 19.3 Å². The summed E-state index contributed by atoms with van der Waals surface area (Å²) in [5.41, 5.74) is 1.97. The number of rotatable bonds is 5. The zero-order valence-corrected chi connectivity index (χ0v) is 18.8. The third-order valence-corrected chi connectivity index (χ3v) is 8.89. The smallest absolute Gasteiger partial charge is 0.258 e. The van der Waals surface area contributed by atoms with Crippen molar-refractivity contribution in [1.29, 1.82) is 0 Å². The second kappa shape index (κ2) is 6.61. The number of aromatic nitrogens is 4. The molecule has 3 saturated carbocycles. The SMILES string of the molecule is Cn1ccc2c([C@H](C[S@](=O)C(C)(C)C)c3cn(C45CC(C4)C5)nn3)cccc2c1=O. The van der Waals surface area contributed by atoms with E-state index in [4.69, 9.17) is 0 Å². The fraction of sp³-hybridized carbons (Fsp3) is 0.522. The van der Waals surface area contributed by atoms with Crippen LogP contribution in [0.4, 0.5) is 0 Å². The molecule has 2 aromatic heterocycles. The van der Waals surface area contributed by atoms with E-state index in [0.717, 1.165) is 22.6 Å². The van der Waals surface area contributed by atoms with Crippen LogP contribution < -0.4 is 5.56 Å². The number of aryl methyl sites for hydroxylation is 1. The van der Waals surface area contributed by atoms with Crippen molar-refractivity contribution >= 4 is 21.6 Å². The first-order valence-electron chi connectivity index (χ1n) is 10.6. The molecule has 3 aliphatic carbocycles. The molecule has 2 atom stereocenters. The molecule has 6 nitrogen and oxygen atoms in total. The average molecular weight is 425 g/mol. The van der Waals surface area contributed by atoms with Crippen molar-refractivity contribution in [2.24, 2.45) is 13.0 Å². The molecule has 3 aliphatic rings. The maximum absolute atomic E-state index is 13.1. The van der Waals surface area contributed by atoms with Crippen LogP contribution in [-0.2, 0) is 23.4 Å². The van der Waals surface area contributed by atoms with Gasteiger partial charge in [-0.1, -0.05) is 17.3 Å². The minimum absolute atomic E-state index is 0.0254. The normalized spacial score (nSPS) is 24.9. The molecule has 3 aromatic rings. The predicted octanol–water partition coefficient (Wildman–Crippen LogP) is 3.32. The number of benzene rings is 1. The lowest BCUT2D eigenvalue weighted by Crippen LogP contribution is -2.59. The van der Waals surface area contributed by atoms with Crippen molar-refractivity contribution in [3.63, 3.8) is 0 Å². The lowest BCUT2D eigenvalue weighted by atomic mass is 9.50. The molecule has 0 unspecified atom stereocenters. The molecule has 2 bridgehead atoms. The molecule has 0 N–H and O–H groups in total. The number of fused-ring (bicyclic) bond motifs is 1. The topological polar surface area (TPSA) is 69.8 Å². The molecule has 158 valence electrons. The van der Waals surface area contributed by atoms with Crippen molar-refractivity contribution in [2.45, 2.75) is 56.2 Å². The molecular weight excluding hydrogens is 396 g/mol. The summed E-state index contributed by atoms with van der Waals surface area (Å²) in [7, 11) is 0.689. The van der Waals surface area contributed by atoms with Crippen LogP contribution in [0.15, 0.2) is 41.5 Å². The molecule has 2 heterocycles. The van der Waals surface area contributed by atoms with Gasteiger partial charge in [0, 0.05) is 52.0 Å². The molecule has 0 amide bonds. The highest BCUT2D eigenvalue weighted by atomic mass is 32.2. The largest absolute Gasteiger partial charge is 0.318 e. The van der Waals surface area contributed by atoms with Gasteiger partial charge in [-0.15, -0.1) is 5.10 Å². The molecule has 0 spiro atoms. The number of nitrogens with zero attached hydrogens (tertiary/aromatic N) is 4. The summed E-state index contributed by atoms with van der Waals surface area (Å²) in [4.78, 5) is 12.7. The average Bonchev–Trinajstić information content (AvgIpc) is 3.08. The van der Waals surface area contributed by atoms with E-state index in [0.29, 0.717) is 11.1 Å². The lowest BCUT2D eigenvalue weighted by molar-refractivity contribution is -0.0989. The number of pyridine rings is 1. The Morgan fingerprint density at radius 2 is 1.93 bits per heavy atom. The van der Waals surface area contributed by atoms with Gasteiger partial charge >= 0.3 is 0 Å². The summed E-state index contributed by atoms with van der Waals surface area (Å²) in [6.07, 6.45) is 7.43. The maximum atomic E-state index is 13.1. The van der Waals surface area contributed by atoms with Crippen LogP contribution in [0.1, 0.15) is 57.2 Å². The van der Waals surface area contributed by atoms with Crippen molar-refractivity contribution in [1.82, 2.24) is 19.6 Å². The predicted molar refractivity (Wildman–Crippen MR) is 119 cm³/mol. The summed E-state index contributed by atoms with van der Waals surface area (Å²) in [5.74, 6) is 1.13. The van der Waals surface area contributed by atoms with Gasteiger partial charge in [0.05, 0.1) is 11.2 Å². The van der Waals surface area contributed by atoms with Gasteiger partial charge in [-0.3, -0.25) is 9.00 Å². The summed E-state index contributed by atoms with van der Waals surface area (Å²) in [6.45, 7) is 5.99. The van der Waals surface area contributed by atoms with E-state index in [9.17, 15) is 9.00 Å². The van der Waals surface area contributed by atoms with Gasteiger partial charge in [0.1, 0.15) is 0 Å². The molecular formula is C23H28N4O2S. The number of hydrogen-bond donors (Lipinski definition) is 0. The van der Waals surface area contributed by atoms with Gasteiger partial charge in [0.25, 0.3) is 5.56 Å². The Morgan fingerprint density at radius 3 is 2.57 bits per heavy atom. The number of hydrogen-bond acceptors (Lipinski definition) is 4. The molecule has 1 aromatic carbocycles. The molecule has 30 heavy (non-hydrogen) atoms. The van der Waals surface area contributed by atoms with E-state index in [-0.39, 0.29) is 21.8 Å². The molecule has 0 radical (unpaired) electrons. The van der Waals surface area contributed by atoms with Crippen molar-refractivity contribution < 1.29 is 4.21 Å². The molecule has 7 heteroatoms. The second-order valence-corrected chi connectivity index (χ2v) is 12.3. The lowest BCUT2D eigenvalue weighted by Gasteiger charge is -2.61. The van der Waals surface area contributed by atoms with E-state index in [2.05, 4.69) is 16.5 Å². The Kier molecular flexibility index (Phi) is 4.33. The Hall–Kier alpha value is -2.28. The van der Waals surface area contributed by atoms with Crippen molar-refractivity contribution in [3.05, 3.63) is 58.3 Å². The Labute approximate surface area is 178 Å². The van der Waals surface area contributed by atoms with Gasteiger partial charge < -0.3 is 4.57 Å². The van der Waals surface area contributed by atoms with Crippen LogP contribution in [0.25, 0.3) is 10.8 Å². The summed E-state index contributed by atoms with van der Waals surface area (Å²) < 4.78 is 16.4. The summed E-state index contributed by atoms with van der Waals surface area (Å²) in [5, 5.41) is 10.6. The molecule has 0 saturated heterocycles. The van der Waals surface area contributed by atoms with Gasteiger partial charge in [-0.05, 0) is 69.0 Å². The third-order valence-electron chi connectivity index (χ3n) is 6.89. The quantitative estimate of drug-likeness (QED) is 0.630. The van der Waals surface area contributed by atoms with E-state index >= 15 is 0 Å². The second-order valence-electron chi connectivity index (χ2n) is 10.0. The first-order valence-corrected chi connectivity index (χ1v) is 11.9. The Balaban J connectivity index is 1.62. The van der Waals surface area contributed by atoms with E-state index in [1.54, 1.807) is 17.8 Å². The van der Waals surface area contributed by atoms with Crippen LogP contribution in [0.3, 0.4) is 0 Å². The highest BCUT2D eigenvalue weighted by Gasteiger charge is 2.58. The minimum atomic E-state index is -1.07. The van der Waals surface area contributed by atoms with Gasteiger partial charge in [0.15, 0.2) is 0 Å². The summed E-state index contributed by atoms with van der Waals surface area (Å²) in [6, 6.07) is 7.78. The van der Waals surface area contributed by atoms with Crippen LogP contribution in [-0.4, -0.2) is 34.3 Å². The zero-order valence-electron chi connectivity index (χ0n) is 18.0. The first kappa shape index (κ1) is 19.7. The van der Waals surface area contributed by atoms with Crippen molar-refractivity contribution in [2.75, 3.05) is 5.75 Å². The van der Waals surface area contributed by atoms with E-state index in [1.807, 2.05) is 49.7 Å². The first-order chi connectivity index (χ1) is 14.2. The Morgan fingerprint density at radius 1 is 1.20 bits per heavy atom. The van der Waals surface area contributed by atoms with E-state index < -0.39 is 10.8 Å². The third kappa shape index (κ3) is 2.97. The van der Waals surface area contributed by atoms with Crippen LogP contribution >= 0.6 is 0 Å².